The lowest BCUT2D eigenvalue weighted by Crippen LogP contribution is -2.54. The van der Waals surface area contributed by atoms with Gasteiger partial charge < -0.3 is 15.1 Å². The fourth-order valence-electron chi connectivity index (χ4n) is 5.74. The summed E-state index contributed by atoms with van der Waals surface area (Å²) in [6.07, 6.45) is 8.88. The summed E-state index contributed by atoms with van der Waals surface area (Å²) in [5.41, 5.74) is 2.94. The summed E-state index contributed by atoms with van der Waals surface area (Å²) >= 11 is 0. The van der Waals surface area contributed by atoms with Gasteiger partial charge in [-0.05, 0) is 81.8 Å². The van der Waals surface area contributed by atoms with Crippen LogP contribution >= 0.6 is 0 Å². The van der Waals surface area contributed by atoms with Gasteiger partial charge in [-0.25, -0.2) is 4.39 Å². The van der Waals surface area contributed by atoms with Gasteiger partial charge in [0.05, 0.1) is 11.9 Å². The summed E-state index contributed by atoms with van der Waals surface area (Å²) in [5, 5.41) is 3.50. The number of carbonyl (C=O) groups excluding carboxylic acids is 1. The van der Waals surface area contributed by atoms with Gasteiger partial charge in [-0.2, -0.15) is 0 Å². The van der Waals surface area contributed by atoms with Crippen molar-refractivity contribution in [2.24, 2.45) is 11.8 Å². The SMILES string of the molecule is CC1(NC(=O)C2CCN(c3cncc(-c4ccc(F)cc4)c3)CC2)CCN2CCC1CC2. The number of nitrogens with zero attached hydrogens (tertiary/aromatic N) is 3. The molecule has 4 aliphatic rings. The number of anilines is 1. The van der Waals surface area contributed by atoms with E-state index >= 15 is 0 Å². The lowest BCUT2D eigenvalue weighted by atomic mass is 9.78. The molecular formula is C26H33FN4O. The molecule has 1 aromatic heterocycles. The molecule has 170 valence electrons. The van der Waals surface area contributed by atoms with Crippen molar-refractivity contribution in [1.29, 1.82) is 0 Å². The molecular weight excluding hydrogens is 403 g/mol. The van der Waals surface area contributed by atoms with Gasteiger partial charge in [0.2, 0.25) is 5.91 Å². The topological polar surface area (TPSA) is 48.5 Å². The Morgan fingerprint density at radius 2 is 1.72 bits per heavy atom. The molecule has 2 aromatic rings. The zero-order chi connectivity index (χ0) is 22.1. The van der Waals surface area contributed by atoms with E-state index in [4.69, 9.17) is 0 Å². The molecule has 0 spiro atoms. The largest absolute Gasteiger partial charge is 0.370 e. The summed E-state index contributed by atoms with van der Waals surface area (Å²) in [6.45, 7) is 7.43. The van der Waals surface area contributed by atoms with Crippen LogP contribution < -0.4 is 10.2 Å². The summed E-state index contributed by atoms with van der Waals surface area (Å²) < 4.78 is 13.3. The van der Waals surface area contributed by atoms with Crippen LogP contribution in [0.5, 0.6) is 0 Å². The van der Waals surface area contributed by atoms with E-state index in [9.17, 15) is 9.18 Å². The number of benzene rings is 1. The van der Waals surface area contributed by atoms with Gasteiger partial charge >= 0.3 is 0 Å². The summed E-state index contributed by atoms with van der Waals surface area (Å²) in [4.78, 5) is 22.4. The Morgan fingerprint density at radius 1 is 1.00 bits per heavy atom. The Hall–Kier alpha value is -2.47. The van der Waals surface area contributed by atoms with Gasteiger partial charge in [0, 0.05) is 42.9 Å². The second kappa shape index (κ2) is 8.81. The smallest absolute Gasteiger partial charge is 0.223 e. The van der Waals surface area contributed by atoms with E-state index in [2.05, 4.69) is 33.1 Å². The van der Waals surface area contributed by atoms with Crippen LogP contribution in [-0.4, -0.2) is 54.1 Å². The molecule has 5 nitrogen and oxygen atoms in total. The number of piperidine rings is 2. The summed E-state index contributed by atoms with van der Waals surface area (Å²) in [5.74, 6) is 0.689. The molecule has 2 bridgehead atoms. The molecule has 1 N–H and O–H groups in total. The minimum atomic E-state index is -0.235. The zero-order valence-corrected chi connectivity index (χ0v) is 18.9. The molecule has 1 amide bonds. The van der Waals surface area contributed by atoms with Crippen LogP contribution in [0.1, 0.15) is 39.0 Å². The van der Waals surface area contributed by atoms with Gasteiger partial charge in [0.25, 0.3) is 0 Å². The highest BCUT2D eigenvalue weighted by Gasteiger charge is 2.42. The first-order valence-corrected chi connectivity index (χ1v) is 12.0. The number of amides is 1. The van der Waals surface area contributed by atoms with Crippen LogP contribution in [0.4, 0.5) is 10.1 Å². The molecule has 0 aliphatic carbocycles. The predicted octanol–water partition coefficient (Wildman–Crippen LogP) is 4.09. The van der Waals surface area contributed by atoms with Crippen molar-refractivity contribution >= 4 is 11.6 Å². The molecule has 1 atom stereocenters. The third-order valence-corrected chi connectivity index (χ3v) is 7.98. The van der Waals surface area contributed by atoms with Crippen LogP contribution in [0.25, 0.3) is 11.1 Å². The Kier molecular flexibility index (Phi) is 5.89. The predicted molar refractivity (Wildman–Crippen MR) is 125 cm³/mol. The van der Waals surface area contributed by atoms with Crippen LogP contribution in [0.2, 0.25) is 0 Å². The van der Waals surface area contributed by atoms with Gasteiger partial charge in [-0.3, -0.25) is 9.78 Å². The average molecular weight is 437 g/mol. The van der Waals surface area contributed by atoms with Crippen molar-refractivity contribution in [3.8, 4) is 11.1 Å². The first-order valence-electron chi connectivity index (χ1n) is 12.0. The maximum absolute atomic E-state index is 13.3. The zero-order valence-electron chi connectivity index (χ0n) is 18.9. The maximum Gasteiger partial charge on any atom is 0.223 e. The van der Waals surface area contributed by atoms with Crippen LogP contribution in [0.15, 0.2) is 42.7 Å². The first kappa shape index (κ1) is 21.4. The molecule has 0 saturated carbocycles. The minimum Gasteiger partial charge on any atom is -0.370 e. The quantitative estimate of drug-likeness (QED) is 0.784. The van der Waals surface area contributed by atoms with Crippen molar-refractivity contribution in [3.05, 3.63) is 48.5 Å². The molecule has 1 aromatic carbocycles. The molecule has 4 fully saturated rings. The molecule has 4 aliphatic heterocycles. The standard InChI is InChI=1S/C26H33FN4O/c1-26(10-15-30-11-8-22(26)9-12-30)29-25(32)20-6-13-31(14-7-20)24-16-21(17-28-18-24)19-2-4-23(27)5-3-19/h2-5,16-18,20,22H,6-15H2,1H3,(H,29,32). The number of hydrogen-bond donors (Lipinski definition) is 1. The number of halogens is 1. The number of fused-ring (bicyclic) bond motifs is 4. The second-order valence-corrected chi connectivity index (χ2v) is 9.97. The molecule has 6 rings (SSSR count). The van der Waals surface area contributed by atoms with E-state index < -0.39 is 0 Å². The van der Waals surface area contributed by atoms with Crippen molar-refractivity contribution in [2.45, 2.75) is 44.6 Å². The average Bonchev–Trinajstić information content (AvgIpc) is 3.08. The highest BCUT2D eigenvalue weighted by Crippen LogP contribution is 2.36. The lowest BCUT2D eigenvalue weighted by Gasteiger charge is -2.40. The van der Waals surface area contributed by atoms with Crippen molar-refractivity contribution in [2.75, 3.05) is 37.6 Å². The van der Waals surface area contributed by atoms with E-state index in [0.29, 0.717) is 5.92 Å². The van der Waals surface area contributed by atoms with Gasteiger partial charge in [0.1, 0.15) is 5.82 Å². The van der Waals surface area contributed by atoms with Gasteiger partial charge in [-0.15, -0.1) is 0 Å². The van der Waals surface area contributed by atoms with Crippen LogP contribution in [-0.2, 0) is 4.79 Å². The van der Waals surface area contributed by atoms with Gasteiger partial charge in [0.15, 0.2) is 0 Å². The molecule has 6 heteroatoms. The van der Waals surface area contributed by atoms with Gasteiger partial charge in [-0.1, -0.05) is 12.1 Å². The van der Waals surface area contributed by atoms with E-state index in [1.54, 1.807) is 12.1 Å². The molecule has 0 radical (unpaired) electrons. The highest BCUT2D eigenvalue weighted by atomic mass is 19.1. The number of carbonyl (C=O) groups is 1. The van der Waals surface area contributed by atoms with E-state index in [0.717, 1.165) is 55.7 Å². The minimum absolute atomic E-state index is 0.0626. The maximum atomic E-state index is 13.3. The van der Waals surface area contributed by atoms with Crippen molar-refractivity contribution < 1.29 is 9.18 Å². The van der Waals surface area contributed by atoms with Crippen LogP contribution in [0, 0.1) is 17.7 Å². The normalized spacial score (nSPS) is 28.4. The molecule has 4 saturated heterocycles. The van der Waals surface area contributed by atoms with Crippen LogP contribution in [0.3, 0.4) is 0 Å². The number of aromatic nitrogens is 1. The summed E-state index contributed by atoms with van der Waals surface area (Å²) in [7, 11) is 0. The number of pyridine rings is 1. The Labute approximate surface area is 190 Å². The van der Waals surface area contributed by atoms with Crippen molar-refractivity contribution in [3.63, 3.8) is 0 Å². The van der Waals surface area contributed by atoms with Crippen molar-refractivity contribution in [1.82, 2.24) is 15.2 Å². The number of nitrogens with one attached hydrogen (secondary N) is 1. The number of hydrogen-bond acceptors (Lipinski definition) is 4. The third kappa shape index (κ3) is 4.38. The van der Waals surface area contributed by atoms with E-state index in [-0.39, 0.29) is 23.2 Å². The molecule has 1 unspecified atom stereocenters. The number of rotatable bonds is 4. The highest BCUT2D eigenvalue weighted by molar-refractivity contribution is 5.80. The monoisotopic (exact) mass is 436 g/mol. The molecule has 5 heterocycles. The lowest BCUT2D eigenvalue weighted by molar-refractivity contribution is -0.128. The first-order chi connectivity index (χ1) is 15.5. The van der Waals surface area contributed by atoms with E-state index in [1.807, 2.05) is 12.4 Å². The second-order valence-electron chi connectivity index (χ2n) is 9.97. The third-order valence-electron chi connectivity index (χ3n) is 7.98. The Balaban J connectivity index is 1.20. The van der Waals surface area contributed by atoms with E-state index in [1.165, 1.54) is 38.1 Å². The molecule has 32 heavy (non-hydrogen) atoms. The fourth-order valence-corrected chi connectivity index (χ4v) is 5.74. The Morgan fingerprint density at radius 3 is 2.44 bits per heavy atom. The summed E-state index contributed by atoms with van der Waals surface area (Å²) in [6, 6.07) is 8.63. The Bertz CT molecular complexity index is 949. The fraction of sp³-hybridized carbons (Fsp3) is 0.538.